The number of likely N-dealkylation sites (N-methyl/N-ethyl adjacent to an activating group) is 1. The van der Waals surface area contributed by atoms with Crippen molar-refractivity contribution in [3.8, 4) is 0 Å². The second-order valence-electron chi connectivity index (χ2n) is 4.63. The first-order valence-corrected chi connectivity index (χ1v) is 7.23. The zero-order valence-corrected chi connectivity index (χ0v) is 12.6. The van der Waals surface area contributed by atoms with E-state index in [1.54, 1.807) is 0 Å². The Morgan fingerprint density at radius 3 is 2.76 bits per heavy atom. The standard InChI is InChI=1S/C13H20IN3/c1-3-16-6-7-17(9-10(16)2)13-5-4-11(14)8-12(13)15/h4-5,8,10H,3,6-7,9,15H2,1-2H3. The van der Waals surface area contributed by atoms with Gasteiger partial charge in [-0.2, -0.15) is 0 Å². The van der Waals surface area contributed by atoms with Gasteiger partial charge in [-0.15, -0.1) is 0 Å². The molecule has 0 aliphatic carbocycles. The number of hydrogen-bond donors (Lipinski definition) is 1. The van der Waals surface area contributed by atoms with Gasteiger partial charge in [-0.05, 0) is 54.3 Å². The Balaban J connectivity index is 2.14. The quantitative estimate of drug-likeness (QED) is 0.660. The highest BCUT2D eigenvalue weighted by Gasteiger charge is 2.23. The molecule has 0 aromatic heterocycles. The number of hydrogen-bond acceptors (Lipinski definition) is 3. The lowest BCUT2D eigenvalue weighted by Gasteiger charge is -2.40. The number of benzene rings is 1. The van der Waals surface area contributed by atoms with Crippen LogP contribution in [0.1, 0.15) is 13.8 Å². The van der Waals surface area contributed by atoms with Gasteiger partial charge in [0, 0.05) is 29.2 Å². The van der Waals surface area contributed by atoms with Gasteiger partial charge in [-0.25, -0.2) is 0 Å². The number of nitrogens with zero attached hydrogens (tertiary/aromatic N) is 2. The molecule has 1 fully saturated rings. The van der Waals surface area contributed by atoms with Crippen LogP contribution in [0.25, 0.3) is 0 Å². The lowest BCUT2D eigenvalue weighted by molar-refractivity contribution is 0.199. The second-order valence-corrected chi connectivity index (χ2v) is 5.87. The molecule has 4 heteroatoms. The Morgan fingerprint density at radius 2 is 2.18 bits per heavy atom. The fourth-order valence-corrected chi connectivity index (χ4v) is 3.01. The van der Waals surface area contributed by atoms with Crippen LogP contribution in [0.15, 0.2) is 18.2 Å². The van der Waals surface area contributed by atoms with Gasteiger partial charge in [-0.1, -0.05) is 6.92 Å². The van der Waals surface area contributed by atoms with Crippen molar-refractivity contribution in [2.24, 2.45) is 0 Å². The van der Waals surface area contributed by atoms with E-state index in [1.807, 2.05) is 6.07 Å². The van der Waals surface area contributed by atoms with Crippen LogP contribution in [-0.4, -0.2) is 37.1 Å². The highest BCUT2D eigenvalue weighted by molar-refractivity contribution is 14.1. The first-order valence-electron chi connectivity index (χ1n) is 6.16. The zero-order valence-electron chi connectivity index (χ0n) is 10.5. The first kappa shape index (κ1) is 13.0. The summed E-state index contributed by atoms with van der Waals surface area (Å²) in [6.45, 7) is 8.92. The van der Waals surface area contributed by atoms with Crippen LogP contribution in [0.4, 0.5) is 11.4 Å². The molecular weight excluding hydrogens is 325 g/mol. The molecule has 3 nitrogen and oxygen atoms in total. The van der Waals surface area contributed by atoms with Crippen LogP contribution in [0.3, 0.4) is 0 Å². The third-order valence-corrected chi connectivity index (χ3v) is 4.17. The van der Waals surface area contributed by atoms with E-state index in [2.05, 4.69) is 58.4 Å². The second kappa shape index (κ2) is 5.44. The number of nitrogen functional groups attached to an aromatic ring is 1. The monoisotopic (exact) mass is 345 g/mol. The van der Waals surface area contributed by atoms with Gasteiger partial charge in [0.05, 0.1) is 11.4 Å². The van der Waals surface area contributed by atoms with Crippen LogP contribution >= 0.6 is 22.6 Å². The maximum atomic E-state index is 6.10. The molecule has 2 N–H and O–H groups in total. The molecule has 1 unspecified atom stereocenters. The third kappa shape index (κ3) is 2.85. The minimum atomic E-state index is 0.604. The Labute approximate surface area is 117 Å². The molecule has 0 radical (unpaired) electrons. The van der Waals surface area contributed by atoms with Gasteiger partial charge in [0.2, 0.25) is 0 Å². The summed E-state index contributed by atoms with van der Waals surface area (Å²) in [6, 6.07) is 6.92. The average Bonchev–Trinajstić information content (AvgIpc) is 2.29. The Morgan fingerprint density at radius 1 is 1.41 bits per heavy atom. The van der Waals surface area contributed by atoms with Crippen molar-refractivity contribution in [3.63, 3.8) is 0 Å². The van der Waals surface area contributed by atoms with Gasteiger partial charge < -0.3 is 10.6 Å². The van der Waals surface area contributed by atoms with Crippen molar-refractivity contribution in [2.75, 3.05) is 36.8 Å². The fourth-order valence-electron chi connectivity index (χ4n) is 2.50. The molecule has 17 heavy (non-hydrogen) atoms. The Kier molecular flexibility index (Phi) is 4.14. The van der Waals surface area contributed by atoms with E-state index in [1.165, 1.54) is 9.26 Å². The van der Waals surface area contributed by atoms with Gasteiger partial charge >= 0.3 is 0 Å². The SMILES string of the molecule is CCN1CCN(c2ccc(I)cc2N)CC1C. The maximum absolute atomic E-state index is 6.10. The molecule has 0 bridgehead atoms. The summed E-state index contributed by atoms with van der Waals surface area (Å²) < 4.78 is 1.20. The predicted octanol–water partition coefficient (Wildman–Crippen LogP) is 2.40. The minimum absolute atomic E-state index is 0.604. The first-order chi connectivity index (χ1) is 8.11. The van der Waals surface area contributed by atoms with Crippen LogP contribution < -0.4 is 10.6 Å². The van der Waals surface area contributed by atoms with Crippen molar-refractivity contribution in [1.82, 2.24) is 4.90 Å². The number of rotatable bonds is 2. The highest BCUT2D eigenvalue weighted by Crippen LogP contribution is 2.27. The van der Waals surface area contributed by atoms with E-state index in [0.29, 0.717) is 6.04 Å². The van der Waals surface area contributed by atoms with E-state index < -0.39 is 0 Å². The van der Waals surface area contributed by atoms with E-state index in [4.69, 9.17) is 5.73 Å². The lowest BCUT2D eigenvalue weighted by atomic mass is 10.1. The number of halogens is 1. The molecule has 0 amide bonds. The number of piperazine rings is 1. The molecule has 1 heterocycles. The number of anilines is 2. The van der Waals surface area contributed by atoms with Crippen molar-refractivity contribution >= 4 is 34.0 Å². The molecule has 1 aromatic rings. The van der Waals surface area contributed by atoms with E-state index >= 15 is 0 Å². The van der Waals surface area contributed by atoms with Crippen molar-refractivity contribution in [1.29, 1.82) is 0 Å². The summed E-state index contributed by atoms with van der Waals surface area (Å²) in [4.78, 5) is 4.92. The minimum Gasteiger partial charge on any atom is -0.397 e. The molecule has 2 rings (SSSR count). The molecule has 1 aliphatic heterocycles. The molecule has 1 atom stereocenters. The molecule has 0 spiro atoms. The summed E-state index contributed by atoms with van der Waals surface area (Å²) >= 11 is 2.30. The van der Waals surface area contributed by atoms with Crippen LogP contribution in [0.2, 0.25) is 0 Å². The van der Waals surface area contributed by atoms with Gasteiger partial charge in [0.25, 0.3) is 0 Å². The van der Waals surface area contributed by atoms with E-state index in [0.717, 1.165) is 31.9 Å². The topological polar surface area (TPSA) is 32.5 Å². The van der Waals surface area contributed by atoms with E-state index in [9.17, 15) is 0 Å². The van der Waals surface area contributed by atoms with Crippen LogP contribution in [0, 0.1) is 3.57 Å². The number of nitrogens with two attached hydrogens (primary N) is 1. The molecule has 1 aliphatic rings. The lowest BCUT2D eigenvalue weighted by Crippen LogP contribution is -2.51. The largest absolute Gasteiger partial charge is 0.397 e. The summed E-state index contributed by atoms with van der Waals surface area (Å²) in [5.41, 5.74) is 8.19. The average molecular weight is 345 g/mol. The smallest absolute Gasteiger partial charge is 0.0601 e. The van der Waals surface area contributed by atoms with Gasteiger partial charge in [0.1, 0.15) is 0 Å². The summed E-state index contributed by atoms with van der Waals surface area (Å²) in [5, 5.41) is 0. The highest BCUT2D eigenvalue weighted by atomic mass is 127. The van der Waals surface area contributed by atoms with Crippen LogP contribution in [-0.2, 0) is 0 Å². The van der Waals surface area contributed by atoms with Crippen molar-refractivity contribution in [3.05, 3.63) is 21.8 Å². The van der Waals surface area contributed by atoms with Crippen molar-refractivity contribution < 1.29 is 0 Å². The van der Waals surface area contributed by atoms with Crippen LogP contribution in [0.5, 0.6) is 0 Å². The Hall–Kier alpha value is -0.490. The summed E-state index contributed by atoms with van der Waals surface area (Å²) in [5.74, 6) is 0. The summed E-state index contributed by atoms with van der Waals surface area (Å²) in [7, 11) is 0. The fraction of sp³-hybridized carbons (Fsp3) is 0.538. The van der Waals surface area contributed by atoms with Gasteiger partial charge in [-0.3, -0.25) is 4.90 Å². The molecular formula is C13H20IN3. The van der Waals surface area contributed by atoms with Gasteiger partial charge in [0.15, 0.2) is 0 Å². The summed E-state index contributed by atoms with van der Waals surface area (Å²) in [6.07, 6.45) is 0. The Bertz CT molecular complexity index is 394. The molecule has 0 saturated carbocycles. The third-order valence-electron chi connectivity index (χ3n) is 3.50. The predicted molar refractivity (Wildman–Crippen MR) is 82.5 cm³/mol. The normalized spacial score (nSPS) is 21.8. The molecule has 94 valence electrons. The zero-order chi connectivity index (χ0) is 12.4. The maximum Gasteiger partial charge on any atom is 0.0601 e. The molecule has 1 aromatic carbocycles. The van der Waals surface area contributed by atoms with Crippen molar-refractivity contribution in [2.45, 2.75) is 19.9 Å². The van der Waals surface area contributed by atoms with E-state index in [-0.39, 0.29) is 0 Å². The molecule has 1 saturated heterocycles.